The molecule has 0 atom stereocenters. The molecular weight excluding hydrogens is 484 g/mol. The molecule has 0 heterocycles. The number of aliphatic carboxylic acids is 2. The molecular formula is C28H28N6O4. The molecule has 0 radical (unpaired) electrons. The number of rotatable bonds is 4. The average molecular weight is 513 g/mol. The first kappa shape index (κ1) is 28.9. The van der Waals surface area contributed by atoms with Gasteiger partial charge in [-0.3, -0.25) is 0 Å². The van der Waals surface area contributed by atoms with E-state index in [0.717, 1.165) is 22.7 Å². The number of carbonyl (C=O) groups excluding carboxylic acids is 2. The van der Waals surface area contributed by atoms with Crippen molar-refractivity contribution in [2.24, 2.45) is 21.5 Å². The molecule has 10 nitrogen and oxygen atoms in total. The zero-order chi connectivity index (χ0) is 27.6. The van der Waals surface area contributed by atoms with Crippen molar-refractivity contribution in [3.05, 3.63) is 121 Å². The summed E-state index contributed by atoms with van der Waals surface area (Å²) in [5.74, 6) is -3.35. The van der Waals surface area contributed by atoms with Crippen LogP contribution in [0, 0.1) is 0 Å². The Balaban J connectivity index is 0.000000221. The molecule has 0 saturated carbocycles. The number of nitrogens with two attached hydrogens (primary N) is 4. The summed E-state index contributed by atoms with van der Waals surface area (Å²) in [6.07, 6.45) is 0. The second-order valence-corrected chi connectivity index (χ2v) is 7.43. The fourth-order valence-electron chi connectivity index (χ4n) is 2.81. The SMILES string of the molecule is NC(=Nc1ccccc1)[NH2+]c1ccccc1.NC(=Nc1ccccc1)[NH2+]c1ccccc1.O=C([O-])C(=O)[O-]. The first-order chi connectivity index (χ1) is 18.3. The minimum atomic E-state index is -2.19. The lowest BCUT2D eigenvalue weighted by molar-refractivity contribution is -0.446. The van der Waals surface area contributed by atoms with Crippen LogP contribution in [-0.4, -0.2) is 23.9 Å². The Bertz CT molecular complexity index is 1210. The molecule has 0 fully saturated rings. The predicted octanol–water partition coefficient (Wildman–Crippen LogP) is -0.458. The van der Waals surface area contributed by atoms with E-state index in [1.54, 1.807) is 0 Å². The monoisotopic (exact) mass is 512 g/mol. The van der Waals surface area contributed by atoms with Crippen molar-refractivity contribution < 1.29 is 30.4 Å². The molecule has 8 N–H and O–H groups in total. The summed E-state index contributed by atoms with van der Waals surface area (Å²) in [5, 5.41) is 21.6. The van der Waals surface area contributed by atoms with Crippen LogP contribution in [0.3, 0.4) is 0 Å². The Morgan fingerprint density at radius 3 is 1.03 bits per heavy atom. The molecule has 0 aromatic heterocycles. The summed E-state index contributed by atoms with van der Waals surface area (Å²) in [7, 11) is 0. The van der Waals surface area contributed by atoms with Gasteiger partial charge in [-0.05, 0) is 48.5 Å². The second-order valence-electron chi connectivity index (χ2n) is 7.43. The number of carboxylic acid groups (broad SMARTS) is 2. The highest BCUT2D eigenvalue weighted by Crippen LogP contribution is 2.09. The van der Waals surface area contributed by atoms with Gasteiger partial charge in [0.2, 0.25) is 0 Å². The van der Waals surface area contributed by atoms with Crippen LogP contribution in [0.15, 0.2) is 131 Å². The van der Waals surface area contributed by atoms with E-state index in [0.29, 0.717) is 11.9 Å². The third-order valence-corrected chi connectivity index (χ3v) is 4.42. The van der Waals surface area contributed by atoms with Gasteiger partial charge in [-0.2, -0.15) is 9.98 Å². The zero-order valence-corrected chi connectivity index (χ0v) is 20.4. The van der Waals surface area contributed by atoms with Crippen LogP contribution in [-0.2, 0) is 9.59 Å². The lowest BCUT2D eigenvalue weighted by Gasteiger charge is -1.98. The van der Waals surface area contributed by atoms with E-state index >= 15 is 0 Å². The Hall–Kier alpha value is -5.32. The highest BCUT2D eigenvalue weighted by Gasteiger charge is 2.01. The maximum absolute atomic E-state index is 8.93. The van der Waals surface area contributed by atoms with Crippen molar-refractivity contribution in [3.63, 3.8) is 0 Å². The molecule has 0 aliphatic carbocycles. The number of hydrogen-bond donors (Lipinski definition) is 4. The van der Waals surface area contributed by atoms with Crippen molar-refractivity contribution in [2.45, 2.75) is 0 Å². The van der Waals surface area contributed by atoms with Crippen molar-refractivity contribution in [2.75, 3.05) is 0 Å². The van der Waals surface area contributed by atoms with E-state index in [2.05, 4.69) is 9.98 Å². The Kier molecular flexibility index (Phi) is 12.5. The van der Waals surface area contributed by atoms with Gasteiger partial charge in [-0.25, -0.2) is 10.6 Å². The zero-order valence-electron chi connectivity index (χ0n) is 20.4. The third-order valence-electron chi connectivity index (χ3n) is 4.42. The van der Waals surface area contributed by atoms with Gasteiger partial charge in [0.25, 0.3) is 0 Å². The van der Waals surface area contributed by atoms with E-state index < -0.39 is 11.9 Å². The molecule has 0 bridgehead atoms. The molecule has 0 spiro atoms. The summed E-state index contributed by atoms with van der Waals surface area (Å²) in [6, 6.07) is 39.2. The fraction of sp³-hybridized carbons (Fsp3) is 0. The normalized spacial score (nSPS) is 10.7. The smallest absolute Gasteiger partial charge is 0.302 e. The minimum absolute atomic E-state index is 0.511. The lowest BCUT2D eigenvalue weighted by Crippen LogP contribution is -2.85. The molecule has 0 amide bonds. The largest absolute Gasteiger partial charge is 0.543 e. The van der Waals surface area contributed by atoms with Crippen LogP contribution < -0.4 is 32.3 Å². The second kappa shape index (κ2) is 16.4. The van der Waals surface area contributed by atoms with E-state index in [-0.39, 0.29) is 0 Å². The first-order valence-corrected chi connectivity index (χ1v) is 11.3. The molecule has 0 saturated heterocycles. The van der Waals surface area contributed by atoms with Gasteiger partial charge in [0.15, 0.2) is 0 Å². The van der Waals surface area contributed by atoms with Crippen LogP contribution in [0.1, 0.15) is 0 Å². The van der Waals surface area contributed by atoms with E-state index in [4.69, 9.17) is 31.3 Å². The van der Waals surface area contributed by atoms with Crippen molar-refractivity contribution in [1.82, 2.24) is 0 Å². The summed E-state index contributed by atoms with van der Waals surface area (Å²) in [6.45, 7) is 0. The molecule has 0 unspecified atom stereocenters. The number of aliphatic imine (C=N–C) groups is 2. The number of hydrogen-bond acceptors (Lipinski definition) is 6. The highest BCUT2D eigenvalue weighted by atomic mass is 16.4. The molecule has 4 aromatic carbocycles. The number of carbonyl (C=O) groups is 2. The van der Waals surface area contributed by atoms with Crippen LogP contribution in [0.25, 0.3) is 0 Å². The molecule has 0 aliphatic rings. The van der Waals surface area contributed by atoms with Gasteiger partial charge in [0.1, 0.15) is 11.4 Å². The molecule has 38 heavy (non-hydrogen) atoms. The van der Waals surface area contributed by atoms with Crippen molar-refractivity contribution in [1.29, 1.82) is 0 Å². The number of carboxylic acids is 2. The summed E-state index contributed by atoms with van der Waals surface area (Å²) >= 11 is 0. The molecule has 4 aromatic rings. The molecule has 10 heteroatoms. The summed E-state index contributed by atoms with van der Waals surface area (Å²) in [5.41, 5.74) is 15.5. The lowest BCUT2D eigenvalue weighted by atomic mass is 10.3. The highest BCUT2D eigenvalue weighted by molar-refractivity contribution is 6.25. The average Bonchev–Trinajstić information content (AvgIpc) is 2.91. The Morgan fingerprint density at radius 2 is 0.763 bits per heavy atom. The summed E-state index contributed by atoms with van der Waals surface area (Å²) < 4.78 is 0. The van der Waals surface area contributed by atoms with Crippen LogP contribution >= 0.6 is 0 Å². The standard InChI is InChI=1S/2C13H13N3.C2H2O4/c2*14-13(15-11-7-3-1-4-8-11)16-12-9-5-2-6-10-12;3-1(4)2(5)6/h2*1-10H,(H3,14,15,16);(H,3,4)(H,5,6). The van der Waals surface area contributed by atoms with Gasteiger partial charge < -0.3 is 31.3 Å². The van der Waals surface area contributed by atoms with Crippen LogP contribution in [0.5, 0.6) is 0 Å². The molecule has 4 rings (SSSR count). The van der Waals surface area contributed by atoms with Gasteiger partial charge in [-0.1, -0.05) is 72.8 Å². The third kappa shape index (κ3) is 12.4. The minimum Gasteiger partial charge on any atom is -0.543 e. The maximum atomic E-state index is 8.93. The van der Waals surface area contributed by atoms with Gasteiger partial charge in [0, 0.05) is 0 Å². The summed E-state index contributed by atoms with van der Waals surface area (Å²) in [4.78, 5) is 26.4. The predicted molar refractivity (Wildman–Crippen MR) is 142 cm³/mol. The fourth-order valence-corrected chi connectivity index (χ4v) is 2.81. The Morgan fingerprint density at radius 1 is 0.500 bits per heavy atom. The quantitative estimate of drug-likeness (QED) is 0.124. The van der Waals surface area contributed by atoms with Gasteiger partial charge in [-0.15, -0.1) is 0 Å². The first-order valence-electron chi connectivity index (χ1n) is 11.3. The van der Waals surface area contributed by atoms with Crippen molar-refractivity contribution in [3.8, 4) is 0 Å². The van der Waals surface area contributed by atoms with E-state index in [1.165, 1.54) is 0 Å². The van der Waals surface area contributed by atoms with E-state index in [1.807, 2.05) is 132 Å². The van der Waals surface area contributed by atoms with Crippen LogP contribution in [0.2, 0.25) is 0 Å². The number of quaternary nitrogens is 2. The van der Waals surface area contributed by atoms with E-state index in [9.17, 15) is 0 Å². The maximum Gasteiger partial charge on any atom is 0.302 e. The Labute approximate surface area is 220 Å². The number of guanidine groups is 2. The number of para-hydroxylation sites is 4. The van der Waals surface area contributed by atoms with Crippen molar-refractivity contribution >= 4 is 46.6 Å². The topological polar surface area (TPSA) is 190 Å². The molecule has 0 aliphatic heterocycles. The van der Waals surface area contributed by atoms with Gasteiger partial charge >= 0.3 is 11.9 Å². The van der Waals surface area contributed by atoms with Crippen LogP contribution in [0.4, 0.5) is 22.7 Å². The number of benzene rings is 4. The number of nitrogens with zero attached hydrogens (tertiary/aromatic N) is 2. The van der Waals surface area contributed by atoms with Gasteiger partial charge in [0.05, 0.1) is 23.3 Å². The molecule has 194 valence electrons.